The molecule has 0 aliphatic heterocycles. The van der Waals surface area contributed by atoms with E-state index in [1.54, 1.807) is 30.3 Å². The van der Waals surface area contributed by atoms with Crippen LogP contribution < -0.4 is 4.72 Å². The lowest BCUT2D eigenvalue weighted by molar-refractivity contribution is -0.387. The molecule has 0 aromatic heterocycles. The molecule has 0 radical (unpaired) electrons. The SMILES string of the molecule is COC(=O)/C(=C/c1ccccc1)NS(=O)(=O)c1ccccc1[N+](=O)[O-]. The first-order valence-electron chi connectivity index (χ1n) is 6.96. The van der Waals surface area contributed by atoms with Gasteiger partial charge in [0.1, 0.15) is 5.70 Å². The fourth-order valence-corrected chi connectivity index (χ4v) is 3.21. The van der Waals surface area contributed by atoms with Crippen molar-refractivity contribution < 1.29 is 22.9 Å². The Balaban J connectivity index is 2.47. The first-order valence-corrected chi connectivity index (χ1v) is 8.45. The minimum absolute atomic E-state index is 0.369. The van der Waals surface area contributed by atoms with Gasteiger partial charge in [0.15, 0.2) is 4.90 Å². The van der Waals surface area contributed by atoms with E-state index in [0.29, 0.717) is 5.56 Å². The second-order valence-electron chi connectivity index (χ2n) is 4.79. The van der Waals surface area contributed by atoms with Gasteiger partial charge in [-0.3, -0.25) is 14.8 Å². The van der Waals surface area contributed by atoms with Crippen molar-refractivity contribution in [1.82, 2.24) is 4.72 Å². The first kappa shape index (κ1) is 18.1. The predicted octanol–water partition coefficient (Wildman–Crippen LogP) is 2.09. The number of nitrogens with one attached hydrogen (secondary N) is 1. The van der Waals surface area contributed by atoms with E-state index in [0.717, 1.165) is 19.2 Å². The summed E-state index contributed by atoms with van der Waals surface area (Å²) in [7, 11) is -3.27. The van der Waals surface area contributed by atoms with Crippen molar-refractivity contribution in [3.8, 4) is 0 Å². The number of para-hydroxylation sites is 1. The Morgan fingerprint density at radius 2 is 1.72 bits per heavy atom. The summed E-state index contributed by atoms with van der Waals surface area (Å²) in [6.07, 6.45) is 1.28. The van der Waals surface area contributed by atoms with Gasteiger partial charge in [0, 0.05) is 6.07 Å². The van der Waals surface area contributed by atoms with E-state index in [4.69, 9.17) is 0 Å². The number of carbonyl (C=O) groups excluding carboxylic acids is 1. The molecule has 0 unspecified atom stereocenters. The fraction of sp³-hybridized carbons (Fsp3) is 0.0625. The van der Waals surface area contributed by atoms with Crippen LogP contribution in [0.5, 0.6) is 0 Å². The number of benzene rings is 2. The number of ether oxygens (including phenoxy) is 1. The van der Waals surface area contributed by atoms with Crippen LogP contribution in [0.15, 0.2) is 65.2 Å². The number of hydrogen-bond acceptors (Lipinski definition) is 6. The van der Waals surface area contributed by atoms with E-state index in [9.17, 15) is 23.3 Å². The smallest absolute Gasteiger partial charge is 0.355 e. The largest absolute Gasteiger partial charge is 0.464 e. The Bertz CT molecular complexity index is 923. The second kappa shape index (κ2) is 7.58. The summed E-state index contributed by atoms with van der Waals surface area (Å²) in [6.45, 7) is 0. The average Bonchev–Trinajstić information content (AvgIpc) is 2.61. The number of rotatable bonds is 6. The van der Waals surface area contributed by atoms with Gasteiger partial charge in [-0.1, -0.05) is 42.5 Å². The highest BCUT2D eigenvalue weighted by atomic mass is 32.2. The number of sulfonamides is 1. The van der Waals surface area contributed by atoms with Gasteiger partial charge in [-0.05, 0) is 17.7 Å². The summed E-state index contributed by atoms with van der Waals surface area (Å²) >= 11 is 0. The van der Waals surface area contributed by atoms with Gasteiger partial charge in [0.25, 0.3) is 15.7 Å². The van der Waals surface area contributed by atoms with Gasteiger partial charge in [-0.15, -0.1) is 0 Å². The molecule has 0 bridgehead atoms. The van der Waals surface area contributed by atoms with Gasteiger partial charge < -0.3 is 4.74 Å². The highest BCUT2D eigenvalue weighted by Crippen LogP contribution is 2.23. The minimum Gasteiger partial charge on any atom is -0.464 e. The van der Waals surface area contributed by atoms with E-state index < -0.39 is 31.5 Å². The topological polar surface area (TPSA) is 116 Å². The van der Waals surface area contributed by atoms with Gasteiger partial charge >= 0.3 is 5.97 Å². The Morgan fingerprint density at radius 3 is 2.32 bits per heavy atom. The zero-order valence-corrected chi connectivity index (χ0v) is 13.9. The third-order valence-electron chi connectivity index (χ3n) is 3.11. The lowest BCUT2D eigenvalue weighted by atomic mass is 10.2. The molecule has 2 aromatic rings. The number of carbonyl (C=O) groups is 1. The van der Waals surface area contributed by atoms with Gasteiger partial charge in [-0.2, -0.15) is 0 Å². The molecule has 0 aliphatic rings. The first-order chi connectivity index (χ1) is 11.8. The van der Waals surface area contributed by atoms with Crippen LogP contribution >= 0.6 is 0 Å². The van der Waals surface area contributed by atoms with Gasteiger partial charge in [0.05, 0.1) is 12.0 Å². The van der Waals surface area contributed by atoms with Crippen molar-refractivity contribution in [3.05, 3.63) is 76.0 Å². The molecule has 0 saturated heterocycles. The van der Waals surface area contributed by atoms with E-state index in [-0.39, 0.29) is 5.70 Å². The third-order valence-corrected chi connectivity index (χ3v) is 4.52. The monoisotopic (exact) mass is 362 g/mol. The van der Waals surface area contributed by atoms with Crippen molar-refractivity contribution in [2.45, 2.75) is 4.90 Å². The van der Waals surface area contributed by atoms with E-state index in [1.807, 2.05) is 0 Å². The summed E-state index contributed by atoms with van der Waals surface area (Å²) in [5.41, 5.74) is -0.418. The van der Waals surface area contributed by atoms with Crippen molar-refractivity contribution in [2.24, 2.45) is 0 Å². The molecule has 8 nitrogen and oxygen atoms in total. The summed E-state index contributed by atoms with van der Waals surface area (Å²) in [5, 5.41) is 11.0. The van der Waals surface area contributed by atoms with Crippen molar-refractivity contribution in [3.63, 3.8) is 0 Å². The summed E-state index contributed by atoms with van der Waals surface area (Å²) in [4.78, 5) is 21.6. The lowest BCUT2D eigenvalue weighted by Crippen LogP contribution is -2.28. The van der Waals surface area contributed by atoms with Crippen LogP contribution in [0.3, 0.4) is 0 Å². The van der Waals surface area contributed by atoms with Crippen molar-refractivity contribution in [2.75, 3.05) is 7.11 Å². The number of nitro groups is 1. The van der Waals surface area contributed by atoms with E-state index in [1.165, 1.54) is 18.2 Å². The van der Waals surface area contributed by atoms with Crippen LogP contribution in [0.1, 0.15) is 5.56 Å². The maximum Gasteiger partial charge on any atom is 0.355 e. The molecule has 0 spiro atoms. The third kappa shape index (κ3) is 4.42. The predicted molar refractivity (Wildman–Crippen MR) is 89.9 cm³/mol. The van der Waals surface area contributed by atoms with Crippen LogP contribution in [0.2, 0.25) is 0 Å². The van der Waals surface area contributed by atoms with Crippen LogP contribution in [0.25, 0.3) is 6.08 Å². The zero-order chi connectivity index (χ0) is 18.4. The highest BCUT2D eigenvalue weighted by molar-refractivity contribution is 7.89. The van der Waals surface area contributed by atoms with Crippen LogP contribution in [0.4, 0.5) is 5.69 Å². The lowest BCUT2D eigenvalue weighted by Gasteiger charge is -2.10. The molecule has 0 heterocycles. The summed E-state index contributed by atoms with van der Waals surface area (Å²) in [5.74, 6) is -0.925. The molecule has 0 fully saturated rings. The number of methoxy groups -OCH3 is 1. The Morgan fingerprint density at radius 1 is 1.12 bits per heavy atom. The Labute approximate surface area is 143 Å². The van der Waals surface area contributed by atoms with Crippen LogP contribution in [-0.4, -0.2) is 26.4 Å². The molecule has 25 heavy (non-hydrogen) atoms. The second-order valence-corrected chi connectivity index (χ2v) is 6.44. The number of nitrogens with zero attached hydrogens (tertiary/aromatic N) is 1. The molecule has 2 aromatic carbocycles. The quantitative estimate of drug-likeness (QED) is 0.364. The zero-order valence-electron chi connectivity index (χ0n) is 13.1. The number of esters is 1. The molecule has 0 aliphatic carbocycles. The minimum atomic E-state index is -4.37. The normalized spacial score (nSPS) is 11.6. The van der Waals surface area contributed by atoms with Crippen molar-refractivity contribution in [1.29, 1.82) is 0 Å². The molecule has 130 valence electrons. The van der Waals surface area contributed by atoms with Crippen LogP contribution in [-0.2, 0) is 19.6 Å². The van der Waals surface area contributed by atoms with E-state index >= 15 is 0 Å². The number of hydrogen-bond donors (Lipinski definition) is 1. The molecule has 0 atom stereocenters. The standard InChI is InChI=1S/C16H14N2O6S/c1-24-16(19)13(11-12-7-3-2-4-8-12)17-25(22,23)15-10-6-5-9-14(15)18(20)21/h2-11,17H,1H3/b13-11-. The molecule has 0 amide bonds. The summed E-state index contributed by atoms with van der Waals surface area (Å²) in [6, 6.07) is 13.3. The molecule has 9 heteroatoms. The molecular weight excluding hydrogens is 348 g/mol. The summed E-state index contributed by atoms with van der Waals surface area (Å²) < 4.78 is 31.7. The molecule has 1 N–H and O–H groups in total. The van der Waals surface area contributed by atoms with Crippen LogP contribution in [0, 0.1) is 10.1 Å². The Hall–Kier alpha value is -3.20. The van der Waals surface area contributed by atoms with Crippen molar-refractivity contribution >= 4 is 27.8 Å². The average molecular weight is 362 g/mol. The molecule has 2 rings (SSSR count). The fourth-order valence-electron chi connectivity index (χ4n) is 1.99. The number of nitro benzene ring substituents is 1. The molecular formula is C16H14N2O6S. The van der Waals surface area contributed by atoms with Gasteiger partial charge in [0.2, 0.25) is 0 Å². The molecule has 0 saturated carbocycles. The Kier molecular flexibility index (Phi) is 5.50. The van der Waals surface area contributed by atoms with E-state index in [2.05, 4.69) is 9.46 Å². The maximum atomic E-state index is 12.5. The van der Waals surface area contributed by atoms with Gasteiger partial charge in [-0.25, -0.2) is 13.2 Å². The maximum absolute atomic E-state index is 12.5. The highest BCUT2D eigenvalue weighted by Gasteiger charge is 2.27.